The van der Waals surface area contributed by atoms with E-state index in [4.69, 9.17) is 0 Å². The van der Waals surface area contributed by atoms with Gasteiger partial charge < -0.3 is 9.80 Å². The molecule has 1 saturated carbocycles. The van der Waals surface area contributed by atoms with Gasteiger partial charge in [-0.1, -0.05) is 42.5 Å². The van der Waals surface area contributed by atoms with Crippen LogP contribution >= 0.6 is 0 Å². The van der Waals surface area contributed by atoms with Crippen molar-refractivity contribution in [2.24, 2.45) is 5.92 Å². The lowest BCUT2D eigenvalue weighted by Gasteiger charge is -2.35. The number of piperazine rings is 1. The van der Waals surface area contributed by atoms with Crippen LogP contribution in [0.2, 0.25) is 0 Å². The molecule has 0 aromatic heterocycles. The molecule has 2 fully saturated rings. The molecule has 2 atom stereocenters. The summed E-state index contributed by atoms with van der Waals surface area (Å²) in [4.78, 5) is 55.0. The van der Waals surface area contributed by atoms with E-state index in [-0.39, 0.29) is 24.3 Å². The Morgan fingerprint density at radius 2 is 1.32 bits per heavy atom. The van der Waals surface area contributed by atoms with Crippen LogP contribution in [0.3, 0.4) is 0 Å². The van der Waals surface area contributed by atoms with Gasteiger partial charge in [-0.25, -0.2) is 0 Å². The number of nitrogens with zero attached hydrogens (tertiary/aromatic N) is 3. The van der Waals surface area contributed by atoms with E-state index in [2.05, 4.69) is 12.1 Å². The van der Waals surface area contributed by atoms with Crippen LogP contribution in [-0.4, -0.2) is 71.1 Å². The van der Waals surface area contributed by atoms with Crippen molar-refractivity contribution in [3.8, 4) is 0 Å². The second kappa shape index (κ2) is 7.65. The Morgan fingerprint density at radius 1 is 0.774 bits per heavy atom. The van der Waals surface area contributed by atoms with E-state index in [1.807, 2.05) is 23.1 Å². The van der Waals surface area contributed by atoms with E-state index in [0.29, 0.717) is 43.2 Å². The van der Waals surface area contributed by atoms with Crippen molar-refractivity contribution >= 4 is 23.6 Å². The van der Waals surface area contributed by atoms with Gasteiger partial charge in [0.1, 0.15) is 6.54 Å². The van der Waals surface area contributed by atoms with Gasteiger partial charge in [-0.15, -0.1) is 0 Å². The Balaban J connectivity index is 1.14. The number of imide groups is 1. The van der Waals surface area contributed by atoms with Gasteiger partial charge in [-0.3, -0.25) is 24.1 Å². The zero-order chi connectivity index (χ0) is 21.5. The highest BCUT2D eigenvalue weighted by atomic mass is 16.2. The molecule has 1 saturated heterocycles. The zero-order valence-electron chi connectivity index (χ0n) is 17.1. The summed E-state index contributed by atoms with van der Waals surface area (Å²) in [6.07, 6.45) is 0.877. The minimum absolute atomic E-state index is 0.0306. The fourth-order valence-electron chi connectivity index (χ4n) is 4.57. The summed E-state index contributed by atoms with van der Waals surface area (Å²) < 4.78 is 0. The molecule has 2 heterocycles. The number of amides is 4. The van der Waals surface area contributed by atoms with E-state index in [1.165, 1.54) is 5.56 Å². The average molecular weight is 417 g/mol. The Morgan fingerprint density at radius 3 is 1.94 bits per heavy atom. The lowest BCUT2D eigenvalue weighted by molar-refractivity contribution is -0.140. The first-order chi connectivity index (χ1) is 15.0. The first-order valence-corrected chi connectivity index (χ1v) is 10.6. The molecule has 3 aliphatic rings. The third-order valence-corrected chi connectivity index (χ3v) is 6.45. The predicted molar refractivity (Wildman–Crippen MR) is 112 cm³/mol. The third-order valence-electron chi connectivity index (χ3n) is 6.45. The lowest BCUT2D eigenvalue weighted by atomic mass is 10.1. The maximum Gasteiger partial charge on any atom is 0.262 e. The van der Waals surface area contributed by atoms with Crippen molar-refractivity contribution in [3.05, 3.63) is 71.3 Å². The van der Waals surface area contributed by atoms with Gasteiger partial charge >= 0.3 is 0 Å². The number of rotatable bonds is 4. The van der Waals surface area contributed by atoms with Gasteiger partial charge in [0.25, 0.3) is 11.8 Å². The molecule has 1 aliphatic carbocycles. The Kier molecular flexibility index (Phi) is 4.81. The monoisotopic (exact) mass is 417 g/mol. The van der Waals surface area contributed by atoms with Crippen molar-refractivity contribution < 1.29 is 19.2 Å². The van der Waals surface area contributed by atoms with Crippen LogP contribution in [0.5, 0.6) is 0 Å². The molecule has 2 aliphatic heterocycles. The van der Waals surface area contributed by atoms with Gasteiger partial charge in [0.15, 0.2) is 0 Å². The zero-order valence-corrected chi connectivity index (χ0v) is 17.1. The number of carbonyl (C=O) groups excluding carboxylic acids is 4. The predicted octanol–water partition coefficient (Wildman–Crippen LogP) is 1.76. The van der Waals surface area contributed by atoms with Crippen molar-refractivity contribution in [1.29, 1.82) is 0 Å². The molecule has 0 bridgehead atoms. The van der Waals surface area contributed by atoms with E-state index < -0.39 is 11.8 Å². The molecular weight excluding hydrogens is 394 g/mol. The highest BCUT2D eigenvalue weighted by Gasteiger charge is 2.46. The van der Waals surface area contributed by atoms with Gasteiger partial charge in [-0.2, -0.15) is 0 Å². The molecule has 2 aromatic rings. The summed E-state index contributed by atoms with van der Waals surface area (Å²) >= 11 is 0. The van der Waals surface area contributed by atoms with E-state index in [1.54, 1.807) is 29.2 Å². The summed E-state index contributed by atoms with van der Waals surface area (Å²) in [5.41, 5.74) is 1.89. The first-order valence-electron chi connectivity index (χ1n) is 10.6. The summed E-state index contributed by atoms with van der Waals surface area (Å²) in [5, 5.41) is 0. The molecule has 7 heteroatoms. The Labute approximate surface area is 180 Å². The topological polar surface area (TPSA) is 78.0 Å². The van der Waals surface area contributed by atoms with E-state index in [9.17, 15) is 19.2 Å². The second-order valence-corrected chi connectivity index (χ2v) is 8.31. The molecule has 2 unspecified atom stereocenters. The van der Waals surface area contributed by atoms with Crippen LogP contribution in [0.4, 0.5) is 0 Å². The normalized spacial score (nSPS) is 22.5. The fourth-order valence-corrected chi connectivity index (χ4v) is 4.57. The maximum absolute atomic E-state index is 12.8. The molecule has 0 N–H and O–H groups in total. The van der Waals surface area contributed by atoms with Crippen LogP contribution < -0.4 is 0 Å². The summed E-state index contributed by atoms with van der Waals surface area (Å²) in [6, 6.07) is 16.7. The van der Waals surface area contributed by atoms with Crippen molar-refractivity contribution in [2.45, 2.75) is 12.3 Å². The van der Waals surface area contributed by atoms with Crippen LogP contribution in [0.25, 0.3) is 0 Å². The van der Waals surface area contributed by atoms with Crippen molar-refractivity contribution in [1.82, 2.24) is 14.7 Å². The van der Waals surface area contributed by atoms with Crippen LogP contribution in [-0.2, 0) is 9.59 Å². The largest absolute Gasteiger partial charge is 0.339 e. The number of carbonyl (C=O) groups is 4. The van der Waals surface area contributed by atoms with Crippen molar-refractivity contribution in [3.63, 3.8) is 0 Å². The van der Waals surface area contributed by atoms with Crippen molar-refractivity contribution in [2.75, 3.05) is 32.7 Å². The molecule has 0 radical (unpaired) electrons. The molecule has 0 spiro atoms. The molecule has 4 amide bonds. The number of benzene rings is 2. The standard InChI is InChI=1S/C24H23N3O4/c28-21(15-27-23(30)17-8-4-5-9-18(17)24(27)31)25-10-12-26(13-11-25)22(29)20-14-19(20)16-6-2-1-3-7-16/h1-9,19-20H,10-15H2. The third kappa shape index (κ3) is 3.50. The molecule has 5 rings (SSSR count). The maximum atomic E-state index is 12.8. The van der Waals surface area contributed by atoms with Gasteiger partial charge in [0.2, 0.25) is 11.8 Å². The summed E-state index contributed by atoms with van der Waals surface area (Å²) in [5.74, 6) is -0.645. The van der Waals surface area contributed by atoms with Gasteiger partial charge in [-0.05, 0) is 30.0 Å². The van der Waals surface area contributed by atoms with Crippen LogP contribution in [0.1, 0.15) is 38.6 Å². The first kappa shape index (κ1) is 19.5. The molecule has 7 nitrogen and oxygen atoms in total. The van der Waals surface area contributed by atoms with E-state index >= 15 is 0 Å². The number of hydrogen-bond donors (Lipinski definition) is 0. The Bertz CT molecular complexity index is 1020. The highest BCUT2D eigenvalue weighted by Crippen LogP contribution is 2.48. The van der Waals surface area contributed by atoms with Gasteiger partial charge in [0, 0.05) is 32.1 Å². The molecule has 31 heavy (non-hydrogen) atoms. The van der Waals surface area contributed by atoms with Crippen LogP contribution in [0, 0.1) is 5.92 Å². The molecular formula is C24H23N3O4. The molecule has 158 valence electrons. The average Bonchev–Trinajstić information content (AvgIpc) is 3.59. The SMILES string of the molecule is O=C(CN1C(=O)c2ccccc2C1=O)N1CCN(C(=O)C2CC2c2ccccc2)CC1. The molecule has 2 aromatic carbocycles. The van der Waals surface area contributed by atoms with Gasteiger partial charge in [0.05, 0.1) is 11.1 Å². The number of fused-ring (bicyclic) bond motifs is 1. The highest BCUT2D eigenvalue weighted by molar-refractivity contribution is 6.22. The minimum Gasteiger partial charge on any atom is -0.339 e. The quantitative estimate of drug-likeness (QED) is 0.711. The minimum atomic E-state index is -0.427. The summed E-state index contributed by atoms with van der Waals surface area (Å²) in [7, 11) is 0. The summed E-state index contributed by atoms with van der Waals surface area (Å²) in [6.45, 7) is 1.52. The fraction of sp³-hybridized carbons (Fsp3) is 0.333. The second-order valence-electron chi connectivity index (χ2n) is 8.31. The van der Waals surface area contributed by atoms with E-state index in [0.717, 1.165) is 11.3 Å². The Hall–Kier alpha value is -3.48. The smallest absolute Gasteiger partial charge is 0.262 e. The lowest BCUT2D eigenvalue weighted by Crippen LogP contribution is -2.53. The number of hydrogen-bond acceptors (Lipinski definition) is 4. The van der Waals surface area contributed by atoms with Crippen LogP contribution in [0.15, 0.2) is 54.6 Å².